The molecule has 0 bridgehead atoms. The third-order valence-corrected chi connectivity index (χ3v) is 6.15. The molecule has 1 aromatic rings. The fraction of sp³-hybridized carbons (Fsp3) is 0.714. The number of nitrogens with one attached hydrogen (secondary N) is 1. The van der Waals surface area contributed by atoms with Crippen LogP contribution in [0.3, 0.4) is 0 Å². The second-order valence-corrected chi connectivity index (χ2v) is 8.06. The van der Waals surface area contributed by atoms with Crippen molar-refractivity contribution in [2.45, 2.75) is 57.0 Å². The summed E-state index contributed by atoms with van der Waals surface area (Å²) in [5.41, 5.74) is 1.19. The molecule has 1 aliphatic rings. The van der Waals surface area contributed by atoms with Gasteiger partial charge in [-0.05, 0) is 41.1 Å². The van der Waals surface area contributed by atoms with Gasteiger partial charge in [-0.2, -0.15) is 11.8 Å². The van der Waals surface area contributed by atoms with E-state index in [-0.39, 0.29) is 0 Å². The van der Waals surface area contributed by atoms with Crippen LogP contribution in [-0.2, 0) is 12.2 Å². The van der Waals surface area contributed by atoms with Crippen molar-refractivity contribution in [1.82, 2.24) is 9.97 Å². The van der Waals surface area contributed by atoms with E-state index in [1.165, 1.54) is 31.4 Å². The fourth-order valence-corrected chi connectivity index (χ4v) is 4.21. The molecule has 0 radical (unpaired) electrons. The van der Waals surface area contributed by atoms with Gasteiger partial charge in [0.2, 0.25) is 0 Å². The monoisotopic (exact) mass is 360 g/mol. The van der Waals surface area contributed by atoms with Crippen LogP contribution in [0.4, 0.5) is 0 Å². The summed E-state index contributed by atoms with van der Waals surface area (Å²) in [6.45, 7) is 4.44. The van der Waals surface area contributed by atoms with E-state index in [1.807, 2.05) is 11.8 Å². The highest BCUT2D eigenvalue weighted by molar-refractivity contribution is 9.10. The second-order valence-electron chi connectivity index (χ2n) is 5.60. The van der Waals surface area contributed by atoms with Gasteiger partial charge in [0.25, 0.3) is 0 Å². The highest BCUT2D eigenvalue weighted by Crippen LogP contribution is 2.31. The molecule has 0 unspecified atom stereocenters. The molecule has 1 heterocycles. The molecule has 1 aromatic heterocycles. The highest BCUT2D eigenvalue weighted by atomic mass is 79.9. The minimum absolute atomic E-state index is 0.611. The molecular formula is C14H21BrN2S2. The lowest BCUT2D eigenvalue weighted by molar-refractivity contribution is 0.629. The summed E-state index contributed by atoms with van der Waals surface area (Å²) >= 11 is 10.9. The van der Waals surface area contributed by atoms with Crippen LogP contribution in [0.5, 0.6) is 0 Å². The summed E-state index contributed by atoms with van der Waals surface area (Å²) in [7, 11) is 0. The van der Waals surface area contributed by atoms with E-state index < -0.39 is 0 Å². The average molecular weight is 361 g/mol. The zero-order chi connectivity index (χ0) is 13.8. The molecule has 0 amide bonds. The van der Waals surface area contributed by atoms with Crippen molar-refractivity contribution in [2.24, 2.45) is 5.92 Å². The lowest BCUT2D eigenvalue weighted by atomic mass is 10.1. The predicted molar refractivity (Wildman–Crippen MR) is 89.2 cm³/mol. The van der Waals surface area contributed by atoms with E-state index in [4.69, 9.17) is 12.2 Å². The number of halogens is 1. The van der Waals surface area contributed by atoms with Crippen LogP contribution < -0.4 is 0 Å². The molecule has 0 saturated heterocycles. The van der Waals surface area contributed by atoms with Gasteiger partial charge in [-0.25, -0.2) is 4.98 Å². The van der Waals surface area contributed by atoms with Gasteiger partial charge in [-0.3, -0.25) is 0 Å². The number of nitrogens with zero attached hydrogens (tertiary/aromatic N) is 1. The van der Waals surface area contributed by atoms with E-state index >= 15 is 0 Å². The van der Waals surface area contributed by atoms with E-state index in [9.17, 15) is 0 Å². The van der Waals surface area contributed by atoms with Gasteiger partial charge < -0.3 is 4.98 Å². The number of H-pyrrole nitrogens is 1. The van der Waals surface area contributed by atoms with Gasteiger partial charge in [0.1, 0.15) is 10.5 Å². The summed E-state index contributed by atoms with van der Waals surface area (Å²) < 4.78 is 1.65. The van der Waals surface area contributed by atoms with Gasteiger partial charge >= 0.3 is 0 Å². The minimum atomic E-state index is 0.611. The summed E-state index contributed by atoms with van der Waals surface area (Å²) in [6, 6.07) is 0. The fourth-order valence-electron chi connectivity index (χ4n) is 2.43. The van der Waals surface area contributed by atoms with Crippen LogP contribution in [0.1, 0.15) is 51.0 Å². The second kappa shape index (κ2) is 7.23. The zero-order valence-corrected chi connectivity index (χ0v) is 14.8. The standard InChI is InChI=1S/C14H21BrN2S2/c1-9(2)7-11-13(15)14(18)17-12(16-11)8-19-10-5-3-4-6-10/h9-10H,3-8H2,1-2H3,(H,16,17,18). The maximum absolute atomic E-state index is 5.34. The van der Waals surface area contributed by atoms with Crippen LogP contribution in [0, 0.1) is 10.6 Å². The van der Waals surface area contributed by atoms with Gasteiger partial charge in [-0.1, -0.05) is 38.9 Å². The van der Waals surface area contributed by atoms with Gasteiger partial charge in [0, 0.05) is 10.9 Å². The Morgan fingerprint density at radius 2 is 2.11 bits per heavy atom. The van der Waals surface area contributed by atoms with Crippen molar-refractivity contribution in [3.63, 3.8) is 0 Å². The minimum Gasteiger partial charge on any atom is -0.345 e. The summed E-state index contributed by atoms with van der Waals surface area (Å²) in [5.74, 6) is 2.59. The molecule has 1 fully saturated rings. The first kappa shape index (κ1) is 15.5. The van der Waals surface area contributed by atoms with Gasteiger partial charge in [-0.15, -0.1) is 0 Å². The summed E-state index contributed by atoms with van der Waals surface area (Å²) in [4.78, 5) is 7.96. The van der Waals surface area contributed by atoms with Crippen molar-refractivity contribution in [1.29, 1.82) is 0 Å². The molecular weight excluding hydrogens is 340 g/mol. The first-order valence-corrected chi connectivity index (χ1v) is 9.20. The Bertz CT molecular complexity index is 479. The van der Waals surface area contributed by atoms with Crippen LogP contribution >= 0.6 is 39.9 Å². The molecule has 19 heavy (non-hydrogen) atoms. The Labute approximate surface area is 133 Å². The van der Waals surface area contributed by atoms with Crippen molar-refractivity contribution < 1.29 is 0 Å². The van der Waals surface area contributed by atoms with Crippen molar-refractivity contribution in [3.05, 3.63) is 20.6 Å². The molecule has 2 rings (SSSR count). The number of thioether (sulfide) groups is 1. The average Bonchev–Trinajstić information content (AvgIpc) is 2.85. The molecule has 1 aliphatic carbocycles. The Kier molecular flexibility index (Phi) is 5.90. The number of aromatic nitrogens is 2. The Morgan fingerprint density at radius 3 is 2.74 bits per heavy atom. The third-order valence-electron chi connectivity index (χ3n) is 3.35. The molecule has 0 aromatic carbocycles. The Hall–Kier alpha value is 0.130. The molecule has 0 spiro atoms. The van der Waals surface area contributed by atoms with Crippen LogP contribution in [0.15, 0.2) is 4.47 Å². The SMILES string of the molecule is CC(C)Cc1[nH]c(CSC2CCCC2)nc(=S)c1Br. The van der Waals surface area contributed by atoms with Crippen LogP contribution in [0.25, 0.3) is 0 Å². The van der Waals surface area contributed by atoms with E-state index in [2.05, 4.69) is 39.7 Å². The summed E-state index contributed by atoms with van der Waals surface area (Å²) in [6.07, 6.45) is 6.51. The number of aromatic amines is 1. The van der Waals surface area contributed by atoms with Crippen LogP contribution in [0.2, 0.25) is 0 Å². The maximum Gasteiger partial charge on any atom is 0.144 e. The molecule has 1 saturated carbocycles. The predicted octanol–water partition coefficient (Wildman–Crippen LogP) is 5.28. The van der Waals surface area contributed by atoms with Crippen molar-refractivity contribution >= 4 is 39.9 Å². The largest absolute Gasteiger partial charge is 0.345 e. The molecule has 5 heteroatoms. The molecule has 0 aliphatic heterocycles. The first-order chi connectivity index (χ1) is 9.06. The lowest BCUT2D eigenvalue weighted by Gasteiger charge is -2.12. The van der Waals surface area contributed by atoms with Crippen molar-refractivity contribution in [2.75, 3.05) is 0 Å². The quantitative estimate of drug-likeness (QED) is 0.724. The molecule has 106 valence electrons. The summed E-state index contributed by atoms with van der Waals surface area (Å²) in [5, 5.41) is 0.820. The van der Waals surface area contributed by atoms with E-state index in [0.29, 0.717) is 10.6 Å². The molecule has 2 nitrogen and oxygen atoms in total. The Morgan fingerprint density at radius 1 is 1.42 bits per heavy atom. The van der Waals surface area contributed by atoms with Crippen molar-refractivity contribution in [3.8, 4) is 0 Å². The Balaban J connectivity index is 2.07. The zero-order valence-electron chi connectivity index (χ0n) is 11.5. The lowest BCUT2D eigenvalue weighted by Crippen LogP contribution is -2.05. The number of hydrogen-bond acceptors (Lipinski definition) is 3. The third kappa shape index (κ3) is 4.57. The highest BCUT2D eigenvalue weighted by Gasteiger charge is 2.16. The topological polar surface area (TPSA) is 28.7 Å². The normalized spacial score (nSPS) is 16.4. The smallest absolute Gasteiger partial charge is 0.144 e. The van der Waals surface area contributed by atoms with E-state index in [0.717, 1.165) is 27.7 Å². The van der Waals surface area contributed by atoms with Gasteiger partial charge in [0.05, 0.1) is 10.2 Å². The maximum atomic E-state index is 5.34. The first-order valence-electron chi connectivity index (χ1n) is 6.95. The molecule has 0 atom stereocenters. The van der Waals surface area contributed by atoms with Crippen LogP contribution in [-0.4, -0.2) is 15.2 Å². The molecule has 1 N–H and O–H groups in total. The number of hydrogen-bond donors (Lipinski definition) is 1. The van der Waals surface area contributed by atoms with Gasteiger partial charge in [0.15, 0.2) is 0 Å². The van der Waals surface area contributed by atoms with E-state index in [1.54, 1.807) is 0 Å². The number of rotatable bonds is 5.